The highest BCUT2D eigenvalue weighted by molar-refractivity contribution is 6.58. The lowest BCUT2D eigenvalue weighted by atomic mass is 9.58. The normalized spacial score (nSPS) is 22.5. The van der Waals surface area contributed by atoms with Crippen LogP contribution in [0.25, 0.3) is 0 Å². The molecule has 0 aromatic heterocycles. The highest BCUT2D eigenvalue weighted by Gasteiger charge is 2.49. The van der Waals surface area contributed by atoms with Gasteiger partial charge >= 0.3 is 6.98 Å². The van der Waals surface area contributed by atoms with E-state index in [1.54, 1.807) is 0 Å². The summed E-state index contributed by atoms with van der Waals surface area (Å²) in [4.78, 5) is 0. The minimum absolute atomic E-state index is 0.0198. The fourth-order valence-corrected chi connectivity index (χ4v) is 1.60. The number of rotatable bonds is 3. The molecule has 0 atom stereocenters. The van der Waals surface area contributed by atoms with Gasteiger partial charge in [0.1, 0.15) is 0 Å². The Morgan fingerprint density at radius 1 is 1.17 bits per heavy atom. The van der Waals surface area contributed by atoms with Gasteiger partial charge in [-0.1, -0.05) is 12.7 Å². The van der Waals surface area contributed by atoms with Crippen LogP contribution < -0.4 is 0 Å². The van der Waals surface area contributed by atoms with Crippen molar-refractivity contribution >= 4 is 6.98 Å². The molecule has 0 aliphatic heterocycles. The summed E-state index contributed by atoms with van der Waals surface area (Å²) in [5, 5.41) is 0. The van der Waals surface area contributed by atoms with Crippen LogP contribution in [0.5, 0.6) is 0 Å². The summed E-state index contributed by atoms with van der Waals surface area (Å²) < 4.78 is 59.9. The third-order valence-corrected chi connectivity index (χ3v) is 2.45. The molecule has 12 heavy (non-hydrogen) atoms. The van der Waals surface area contributed by atoms with E-state index in [4.69, 9.17) is 0 Å². The zero-order valence-electron chi connectivity index (χ0n) is 6.37. The molecule has 0 radical (unpaired) electrons. The predicted octanol–water partition coefficient (Wildman–Crippen LogP) is 3.27. The summed E-state index contributed by atoms with van der Waals surface area (Å²) in [5.41, 5.74) is -1.72. The second-order valence-electron chi connectivity index (χ2n) is 3.43. The van der Waals surface area contributed by atoms with Crippen molar-refractivity contribution in [1.29, 1.82) is 0 Å². The van der Waals surface area contributed by atoms with Crippen LogP contribution in [-0.4, -0.2) is 13.4 Å². The molecule has 1 rings (SSSR count). The van der Waals surface area contributed by atoms with Crippen molar-refractivity contribution in [1.82, 2.24) is 0 Å². The smallest absolute Gasteiger partial charge is 0.449 e. The number of alkyl halides is 2. The van der Waals surface area contributed by atoms with Crippen molar-refractivity contribution < 1.29 is 21.7 Å². The van der Waals surface area contributed by atoms with Gasteiger partial charge in [-0.15, -0.1) is 0 Å². The third-order valence-electron chi connectivity index (χ3n) is 2.45. The maximum atomic E-state index is 12.2. The van der Waals surface area contributed by atoms with Gasteiger partial charge in [-0.2, -0.15) is 0 Å². The second kappa shape index (κ2) is 2.89. The molecule has 6 heteroatoms. The van der Waals surface area contributed by atoms with Crippen molar-refractivity contribution in [3.05, 3.63) is 0 Å². The minimum atomic E-state index is -5.07. The zero-order chi connectivity index (χ0) is 9.41. The van der Waals surface area contributed by atoms with Gasteiger partial charge in [0, 0.05) is 5.41 Å². The molecule has 0 aromatic carbocycles. The minimum Gasteiger partial charge on any atom is -0.449 e. The average molecular weight is 187 g/mol. The topological polar surface area (TPSA) is 0 Å². The molecular weight excluding hydrogens is 178 g/mol. The molecule has 0 N–H and O–H groups in total. The average Bonchev–Trinajstić information content (AvgIpc) is 1.75. The van der Waals surface area contributed by atoms with E-state index in [-0.39, 0.29) is 12.8 Å². The van der Waals surface area contributed by atoms with Gasteiger partial charge in [-0.25, -0.2) is 8.78 Å². The lowest BCUT2D eigenvalue weighted by Crippen LogP contribution is -2.41. The first-order chi connectivity index (χ1) is 5.36. The summed E-state index contributed by atoms with van der Waals surface area (Å²) in [6.45, 7) is -5.07. The van der Waals surface area contributed by atoms with Crippen LogP contribution in [0.2, 0.25) is 6.32 Å². The fraction of sp³-hybridized carbons (Fsp3) is 1.00. The van der Waals surface area contributed by atoms with Crippen LogP contribution >= 0.6 is 0 Å². The first kappa shape index (κ1) is 9.80. The van der Waals surface area contributed by atoms with Crippen LogP contribution in [0, 0.1) is 5.41 Å². The molecule has 0 amide bonds. The van der Waals surface area contributed by atoms with E-state index in [1.807, 2.05) is 0 Å². The molecule has 1 aliphatic carbocycles. The van der Waals surface area contributed by atoms with Gasteiger partial charge in [-0.05, 0) is 12.8 Å². The van der Waals surface area contributed by atoms with Crippen molar-refractivity contribution in [3.8, 4) is 0 Å². The molecule has 0 unspecified atom stereocenters. The van der Waals surface area contributed by atoms with Gasteiger partial charge < -0.3 is 12.9 Å². The Bertz CT molecular complexity index is 160. The highest BCUT2D eigenvalue weighted by Crippen LogP contribution is 2.51. The van der Waals surface area contributed by atoms with E-state index in [2.05, 4.69) is 0 Å². The monoisotopic (exact) mass is 187 g/mol. The quantitative estimate of drug-likeness (QED) is 0.469. The molecule has 0 aromatic rings. The lowest BCUT2D eigenvalue weighted by molar-refractivity contribution is -0.0505. The van der Waals surface area contributed by atoms with Gasteiger partial charge in [0.05, 0.1) is 0 Å². The standard InChI is InChI=1S/C6H9BF5/c8-5(9)6(2-1-3-6)4-7(10,11)12/h5H,1-4H2/q-1. The molecule has 1 saturated carbocycles. The summed E-state index contributed by atoms with van der Waals surface area (Å²) >= 11 is 0. The molecular formula is C6H9BF5-. The molecule has 1 aliphatic rings. The number of hydrogen-bond acceptors (Lipinski definition) is 0. The molecule has 72 valence electrons. The van der Waals surface area contributed by atoms with E-state index in [1.165, 1.54) is 0 Å². The van der Waals surface area contributed by atoms with E-state index >= 15 is 0 Å². The predicted molar refractivity (Wildman–Crippen MR) is 36.2 cm³/mol. The van der Waals surface area contributed by atoms with Crippen molar-refractivity contribution in [2.75, 3.05) is 0 Å². The highest BCUT2D eigenvalue weighted by atomic mass is 19.4. The van der Waals surface area contributed by atoms with Crippen LogP contribution in [0.3, 0.4) is 0 Å². The summed E-state index contributed by atoms with van der Waals surface area (Å²) in [5.74, 6) is 0. The van der Waals surface area contributed by atoms with Crippen LogP contribution in [0.4, 0.5) is 21.7 Å². The van der Waals surface area contributed by atoms with Crippen molar-refractivity contribution in [2.45, 2.75) is 32.0 Å². The SMILES string of the molecule is FC(F)C1(C[B-](F)(F)F)CCC1. The third kappa shape index (κ3) is 1.90. The lowest BCUT2D eigenvalue weighted by Gasteiger charge is -2.44. The largest absolute Gasteiger partial charge is 0.479 e. The Morgan fingerprint density at radius 2 is 1.67 bits per heavy atom. The molecule has 0 saturated heterocycles. The van der Waals surface area contributed by atoms with Crippen LogP contribution in [0.15, 0.2) is 0 Å². The Morgan fingerprint density at radius 3 is 1.75 bits per heavy atom. The zero-order valence-corrected chi connectivity index (χ0v) is 6.37. The maximum Gasteiger partial charge on any atom is 0.479 e. The first-order valence-electron chi connectivity index (χ1n) is 3.85. The molecule has 0 nitrogen and oxygen atoms in total. The summed E-state index contributed by atoms with van der Waals surface area (Å²) in [6, 6.07) is 0. The van der Waals surface area contributed by atoms with Crippen LogP contribution in [-0.2, 0) is 0 Å². The fourth-order valence-electron chi connectivity index (χ4n) is 1.60. The molecule has 0 heterocycles. The number of hydrogen-bond donors (Lipinski definition) is 0. The van der Waals surface area contributed by atoms with E-state index < -0.39 is 25.1 Å². The van der Waals surface area contributed by atoms with E-state index in [0.717, 1.165) is 0 Å². The Labute approximate surface area is 67.2 Å². The van der Waals surface area contributed by atoms with Crippen molar-refractivity contribution in [2.24, 2.45) is 5.41 Å². The second-order valence-corrected chi connectivity index (χ2v) is 3.43. The van der Waals surface area contributed by atoms with E-state index in [0.29, 0.717) is 6.42 Å². The van der Waals surface area contributed by atoms with Gasteiger partial charge in [-0.3, -0.25) is 0 Å². The van der Waals surface area contributed by atoms with Gasteiger partial charge in [0.15, 0.2) is 0 Å². The first-order valence-corrected chi connectivity index (χ1v) is 3.85. The Kier molecular flexibility index (Phi) is 2.36. The Balaban J connectivity index is 2.57. The van der Waals surface area contributed by atoms with Crippen LogP contribution in [0.1, 0.15) is 19.3 Å². The summed E-state index contributed by atoms with van der Waals surface area (Å²) in [6.07, 6.45) is -3.56. The summed E-state index contributed by atoms with van der Waals surface area (Å²) in [7, 11) is 0. The molecule has 0 spiro atoms. The number of halogens is 5. The van der Waals surface area contributed by atoms with Gasteiger partial charge in [0.2, 0.25) is 6.43 Å². The molecule has 0 bridgehead atoms. The maximum absolute atomic E-state index is 12.2. The Hall–Kier alpha value is -0.285. The van der Waals surface area contributed by atoms with Crippen molar-refractivity contribution in [3.63, 3.8) is 0 Å². The van der Waals surface area contributed by atoms with Gasteiger partial charge in [0.25, 0.3) is 0 Å². The van der Waals surface area contributed by atoms with E-state index in [9.17, 15) is 21.7 Å². The molecule has 1 fully saturated rings.